The average Bonchev–Trinajstić information content (AvgIpc) is 2.53. The number of carboxylic acid groups (broad SMARTS) is 1. The Morgan fingerprint density at radius 2 is 2.05 bits per heavy atom. The maximum absolute atomic E-state index is 11.8. The number of anilines is 1. The first kappa shape index (κ1) is 14.6. The van der Waals surface area contributed by atoms with Crippen LogP contribution in [0.3, 0.4) is 0 Å². The first-order valence-corrected chi connectivity index (χ1v) is 7.44. The highest BCUT2D eigenvalue weighted by Gasteiger charge is 2.18. The van der Waals surface area contributed by atoms with Crippen molar-refractivity contribution in [1.29, 1.82) is 0 Å². The van der Waals surface area contributed by atoms with Crippen LogP contribution in [0.15, 0.2) is 29.1 Å². The summed E-state index contributed by atoms with van der Waals surface area (Å²) < 4.78 is 0. The first-order valence-electron chi connectivity index (χ1n) is 7.44. The Bertz CT molecular complexity index is 761. The van der Waals surface area contributed by atoms with Gasteiger partial charge in [0.2, 0.25) is 0 Å². The molecule has 1 fully saturated rings. The second-order valence-corrected chi connectivity index (χ2v) is 5.75. The molecule has 3 rings (SSSR count). The molecule has 1 aromatic carbocycles. The van der Waals surface area contributed by atoms with Gasteiger partial charge in [-0.3, -0.25) is 4.79 Å². The van der Waals surface area contributed by atoms with Crippen molar-refractivity contribution in [2.24, 2.45) is 11.7 Å². The number of nitrogens with zero attached hydrogens (tertiary/aromatic N) is 1. The second-order valence-electron chi connectivity index (χ2n) is 5.75. The lowest BCUT2D eigenvalue weighted by Crippen LogP contribution is -2.36. The molecule has 116 valence electrons. The molecule has 0 amide bonds. The van der Waals surface area contributed by atoms with Gasteiger partial charge in [0, 0.05) is 18.8 Å². The summed E-state index contributed by atoms with van der Waals surface area (Å²) in [5.74, 6) is -0.620. The number of benzene rings is 1. The highest BCUT2D eigenvalue weighted by molar-refractivity contribution is 5.93. The predicted octanol–water partition coefficient (Wildman–Crippen LogP) is 1.40. The maximum atomic E-state index is 11.8. The number of hydrogen-bond acceptors (Lipinski definition) is 4. The Balaban J connectivity index is 1.92. The van der Waals surface area contributed by atoms with E-state index in [1.54, 1.807) is 0 Å². The summed E-state index contributed by atoms with van der Waals surface area (Å²) in [5.41, 5.74) is 6.61. The van der Waals surface area contributed by atoms with Crippen LogP contribution in [-0.4, -0.2) is 35.7 Å². The molecule has 6 nitrogen and oxygen atoms in total. The van der Waals surface area contributed by atoms with Gasteiger partial charge < -0.3 is 20.7 Å². The van der Waals surface area contributed by atoms with Crippen molar-refractivity contribution in [2.45, 2.75) is 12.8 Å². The van der Waals surface area contributed by atoms with E-state index in [1.165, 1.54) is 6.07 Å². The van der Waals surface area contributed by atoms with Gasteiger partial charge in [0.05, 0.1) is 5.52 Å². The summed E-state index contributed by atoms with van der Waals surface area (Å²) in [6, 6.07) is 7.14. The number of rotatable bonds is 3. The molecule has 1 saturated heterocycles. The van der Waals surface area contributed by atoms with Gasteiger partial charge in [-0.05, 0) is 48.9 Å². The number of aromatic nitrogens is 1. The van der Waals surface area contributed by atoms with Crippen LogP contribution >= 0.6 is 0 Å². The van der Waals surface area contributed by atoms with Crippen molar-refractivity contribution in [1.82, 2.24) is 4.98 Å². The quantitative estimate of drug-likeness (QED) is 0.796. The molecule has 0 unspecified atom stereocenters. The zero-order chi connectivity index (χ0) is 15.7. The lowest BCUT2D eigenvalue weighted by Gasteiger charge is -2.33. The molecule has 2 aromatic rings. The fourth-order valence-electron chi connectivity index (χ4n) is 2.97. The lowest BCUT2D eigenvalue weighted by molar-refractivity contribution is 0.0695. The van der Waals surface area contributed by atoms with Gasteiger partial charge in [0.1, 0.15) is 5.56 Å². The maximum Gasteiger partial charge on any atom is 0.341 e. The zero-order valence-electron chi connectivity index (χ0n) is 12.2. The fourth-order valence-corrected chi connectivity index (χ4v) is 2.97. The average molecular weight is 301 g/mol. The van der Waals surface area contributed by atoms with E-state index in [0.717, 1.165) is 43.5 Å². The van der Waals surface area contributed by atoms with Crippen molar-refractivity contribution in [3.05, 3.63) is 40.2 Å². The number of hydrogen-bond donors (Lipinski definition) is 3. The van der Waals surface area contributed by atoms with Gasteiger partial charge in [-0.15, -0.1) is 0 Å². The van der Waals surface area contributed by atoms with Crippen LogP contribution in [0.1, 0.15) is 23.2 Å². The Morgan fingerprint density at radius 1 is 1.32 bits per heavy atom. The molecule has 4 N–H and O–H groups in total. The Kier molecular flexibility index (Phi) is 3.85. The zero-order valence-corrected chi connectivity index (χ0v) is 12.2. The monoisotopic (exact) mass is 301 g/mol. The molecule has 1 aliphatic heterocycles. The largest absolute Gasteiger partial charge is 0.477 e. The van der Waals surface area contributed by atoms with Crippen LogP contribution < -0.4 is 16.2 Å². The molecule has 6 heteroatoms. The molecule has 0 radical (unpaired) electrons. The molecule has 0 spiro atoms. The minimum absolute atomic E-state index is 0.232. The van der Waals surface area contributed by atoms with Gasteiger partial charge in [0.15, 0.2) is 0 Å². The van der Waals surface area contributed by atoms with E-state index in [1.807, 2.05) is 18.2 Å². The smallest absolute Gasteiger partial charge is 0.341 e. The van der Waals surface area contributed by atoms with E-state index in [-0.39, 0.29) is 5.56 Å². The van der Waals surface area contributed by atoms with Gasteiger partial charge in [-0.2, -0.15) is 0 Å². The van der Waals surface area contributed by atoms with Gasteiger partial charge in [-0.25, -0.2) is 4.79 Å². The van der Waals surface area contributed by atoms with Crippen molar-refractivity contribution in [3.8, 4) is 0 Å². The van der Waals surface area contributed by atoms with Gasteiger partial charge >= 0.3 is 5.97 Å². The summed E-state index contributed by atoms with van der Waals surface area (Å²) in [6.45, 7) is 2.63. The molecule has 0 bridgehead atoms. The standard InChI is InChI=1S/C16H19N3O3/c17-9-10-3-5-19(6-4-10)12-2-1-11-7-13(16(21)22)15(20)18-14(11)8-12/h1-2,7-8,10H,3-6,9,17H2,(H,18,20)(H,21,22). The molecule has 0 aliphatic carbocycles. The van der Waals surface area contributed by atoms with E-state index in [4.69, 9.17) is 10.8 Å². The third kappa shape index (κ3) is 2.69. The van der Waals surface area contributed by atoms with Crippen molar-refractivity contribution < 1.29 is 9.90 Å². The summed E-state index contributed by atoms with van der Waals surface area (Å²) >= 11 is 0. The predicted molar refractivity (Wildman–Crippen MR) is 85.5 cm³/mol. The van der Waals surface area contributed by atoms with Crippen LogP contribution in [0.5, 0.6) is 0 Å². The minimum atomic E-state index is -1.21. The number of carboxylic acids is 1. The SMILES string of the molecule is NCC1CCN(c2ccc3cc(C(=O)O)c(=O)[nH]c3c2)CC1. The lowest BCUT2D eigenvalue weighted by atomic mass is 9.96. The molecule has 2 heterocycles. The van der Waals surface area contributed by atoms with E-state index < -0.39 is 11.5 Å². The van der Waals surface area contributed by atoms with Crippen molar-refractivity contribution in [2.75, 3.05) is 24.5 Å². The summed E-state index contributed by atoms with van der Waals surface area (Å²) in [5, 5.41) is 9.71. The third-order valence-corrected chi connectivity index (χ3v) is 4.37. The topological polar surface area (TPSA) is 99.4 Å². The third-order valence-electron chi connectivity index (χ3n) is 4.37. The number of piperidine rings is 1. The van der Waals surface area contributed by atoms with Crippen LogP contribution in [-0.2, 0) is 0 Å². The molecule has 0 atom stereocenters. The van der Waals surface area contributed by atoms with Crippen molar-refractivity contribution >= 4 is 22.6 Å². The van der Waals surface area contributed by atoms with Crippen LogP contribution in [0.25, 0.3) is 10.9 Å². The van der Waals surface area contributed by atoms with E-state index in [0.29, 0.717) is 11.4 Å². The Hall–Kier alpha value is -2.34. The molecule has 0 saturated carbocycles. The number of nitrogens with two attached hydrogens (primary N) is 1. The van der Waals surface area contributed by atoms with Crippen molar-refractivity contribution in [3.63, 3.8) is 0 Å². The summed E-state index contributed by atoms with van der Waals surface area (Å²) in [4.78, 5) is 27.7. The summed E-state index contributed by atoms with van der Waals surface area (Å²) in [6.07, 6.45) is 2.14. The van der Waals surface area contributed by atoms with Gasteiger partial charge in [0.25, 0.3) is 5.56 Å². The Labute approximate surface area is 127 Å². The van der Waals surface area contributed by atoms with E-state index in [9.17, 15) is 9.59 Å². The Morgan fingerprint density at radius 3 is 2.68 bits per heavy atom. The van der Waals surface area contributed by atoms with Gasteiger partial charge in [-0.1, -0.05) is 6.07 Å². The number of H-pyrrole nitrogens is 1. The number of pyridine rings is 1. The number of aromatic carboxylic acids is 1. The van der Waals surface area contributed by atoms with E-state index in [2.05, 4.69) is 9.88 Å². The number of nitrogens with one attached hydrogen (secondary N) is 1. The number of fused-ring (bicyclic) bond motifs is 1. The van der Waals surface area contributed by atoms with Crippen LogP contribution in [0, 0.1) is 5.92 Å². The normalized spacial score (nSPS) is 16.1. The minimum Gasteiger partial charge on any atom is -0.477 e. The van der Waals surface area contributed by atoms with E-state index >= 15 is 0 Å². The number of aromatic amines is 1. The second kappa shape index (κ2) is 5.81. The highest BCUT2D eigenvalue weighted by Crippen LogP contribution is 2.25. The molecule has 1 aromatic heterocycles. The number of carbonyl (C=O) groups is 1. The summed E-state index contributed by atoms with van der Waals surface area (Å²) in [7, 11) is 0. The molecular weight excluding hydrogens is 282 g/mol. The first-order chi connectivity index (χ1) is 10.6. The molecule has 1 aliphatic rings. The fraction of sp³-hybridized carbons (Fsp3) is 0.375. The van der Waals surface area contributed by atoms with Crippen LogP contribution in [0.2, 0.25) is 0 Å². The molecule has 22 heavy (non-hydrogen) atoms. The highest BCUT2D eigenvalue weighted by atomic mass is 16.4. The molecular formula is C16H19N3O3. The van der Waals surface area contributed by atoms with Crippen LogP contribution in [0.4, 0.5) is 5.69 Å².